The van der Waals surface area contributed by atoms with Gasteiger partial charge in [-0.3, -0.25) is 9.59 Å². The maximum absolute atomic E-state index is 13.6. The Morgan fingerprint density at radius 2 is 1.25 bits per heavy atom. The van der Waals surface area contributed by atoms with Gasteiger partial charge in [-0.25, -0.2) is 0 Å². The number of anilines is 3. The predicted molar refractivity (Wildman–Crippen MR) is 219 cm³/mol. The average Bonchev–Trinajstić information content (AvgIpc) is 3.52. The zero-order valence-corrected chi connectivity index (χ0v) is 32.7. The third kappa shape index (κ3) is 7.71. The number of para-hydroxylation sites is 2. The Balaban J connectivity index is 1.26. The summed E-state index contributed by atoms with van der Waals surface area (Å²) >= 11 is 0. The summed E-state index contributed by atoms with van der Waals surface area (Å²) in [7, 11) is 6.30. The van der Waals surface area contributed by atoms with Crippen LogP contribution in [0.25, 0.3) is 0 Å². The van der Waals surface area contributed by atoms with Crippen molar-refractivity contribution in [2.24, 2.45) is 0 Å². The van der Waals surface area contributed by atoms with E-state index >= 15 is 0 Å². The van der Waals surface area contributed by atoms with E-state index < -0.39 is 0 Å². The molecule has 0 aromatic heterocycles. The molecule has 10 nitrogen and oxygen atoms in total. The number of carbonyl (C=O) groups excluding carboxylic acids is 2. The Labute approximate surface area is 323 Å². The molecule has 2 N–H and O–H groups in total. The van der Waals surface area contributed by atoms with Crippen LogP contribution in [0, 0.1) is 0 Å². The standard InChI is InChI=1S/C45H48N4O6/c1-44(2)32-16-12-14-18-36(32)48(28-42(50)46-34-24-22-30(52-5)26-38(34)54-7)40(44)20-10-9-11-21-41-45(3,4)33-17-13-15-19-37(33)49(41)29-43(51)47-35-25-23-31(53-6)27-39(35)55-8/h9-27H,28-29H2,1-8H3,(H-,46,47,50,51)/p+1. The second kappa shape index (κ2) is 16.0. The number of nitrogens with zero attached hydrogens (tertiary/aromatic N) is 2. The molecule has 10 heteroatoms. The molecule has 0 unspecified atom stereocenters. The molecule has 0 saturated heterocycles. The molecule has 0 atom stereocenters. The Hall–Kier alpha value is -6.29. The maximum atomic E-state index is 13.6. The van der Waals surface area contributed by atoms with Crippen LogP contribution >= 0.6 is 0 Å². The number of ether oxygens (including phenoxy) is 4. The molecule has 2 aliphatic rings. The van der Waals surface area contributed by atoms with Gasteiger partial charge in [-0.1, -0.05) is 68.5 Å². The highest BCUT2D eigenvalue weighted by Crippen LogP contribution is 2.47. The Bertz CT molecular complexity index is 2230. The first-order valence-corrected chi connectivity index (χ1v) is 18.1. The molecule has 0 spiro atoms. The molecule has 0 fully saturated rings. The minimum Gasteiger partial charge on any atom is -0.497 e. The van der Waals surface area contributed by atoms with Crippen molar-refractivity contribution in [1.82, 2.24) is 0 Å². The lowest BCUT2D eigenvalue weighted by Gasteiger charge is -2.26. The van der Waals surface area contributed by atoms with Gasteiger partial charge in [-0.15, -0.1) is 0 Å². The lowest BCUT2D eigenvalue weighted by Crippen LogP contribution is -2.33. The minimum atomic E-state index is -0.358. The quantitative estimate of drug-likeness (QED) is 0.105. The van der Waals surface area contributed by atoms with Crippen LogP contribution < -0.4 is 34.5 Å². The number of allylic oxidation sites excluding steroid dienone is 6. The molecule has 2 heterocycles. The Kier molecular flexibility index (Phi) is 11.2. The van der Waals surface area contributed by atoms with Crippen LogP contribution in [0.15, 0.2) is 121 Å². The minimum absolute atomic E-state index is 0.106. The third-order valence-electron chi connectivity index (χ3n) is 10.3. The van der Waals surface area contributed by atoms with Crippen LogP contribution in [0.5, 0.6) is 23.0 Å². The lowest BCUT2D eigenvalue weighted by molar-refractivity contribution is -0.424. The van der Waals surface area contributed by atoms with Crippen molar-refractivity contribution < 1.29 is 33.1 Å². The first kappa shape index (κ1) is 38.4. The van der Waals surface area contributed by atoms with Gasteiger partial charge in [-0.2, -0.15) is 4.58 Å². The van der Waals surface area contributed by atoms with E-state index in [1.165, 1.54) is 0 Å². The van der Waals surface area contributed by atoms with Gasteiger partial charge in [0, 0.05) is 46.6 Å². The van der Waals surface area contributed by atoms with Crippen LogP contribution in [-0.4, -0.2) is 63.6 Å². The Morgan fingerprint density at radius 3 is 1.87 bits per heavy atom. The summed E-state index contributed by atoms with van der Waals surface area (Å²) in [5.74, 6) is 1.95. The van der Waals surface area contributed by atoms with Crippen LogP contribution in [0.3, 0.4) is 0 Å². The van der Waals surface area contributed by atoms with Crippen molar-refractivity contribution in [2.45, 2.75) is 38.5 Å². The van der Waals surface area contributed by atoms with E-state index in [9.17, 15) is 9.59 Å². The summed E-state index contributed by atoms with van der Waals surface area (Å²) in [6, 6.07) is 27.0. The van der Waals surface area contributed by atoms with Gasteiger partial charge in [0.15, 0.2) is 5.71 Å². The summed E-state index contributed by atoms with van der Waals surface area (Å²) in [5, 5.41) is 6.04. The van der Waals surface area contributed by atoms with Gasteiger partial charge in [0.05, 0.1) is 45.2 Å². The van der Waals surface area contributed by atoms with E-state index in [2.05, 4.69) is 84.2 Å². The maximum Gasteiger partial charge on any atom is 0.290 e. The van der Waals surface area contributed by atoms with Gasteiger partial charge in [0.1, 0.15) is 29.5 Å². The van der Waals surface area contributed by atoms with Crippen molar-refractivity contribution >= 4 is 40.3 Å². The third-order valence-corrected chi connectivity index (χ3v) is 10.3. The van der Waals surface area contributed by atoms with Crippen LogP contribution in [0.2, 0.25) is 0 Å². The molecule has 2 amide bonds. The number of fused-ring (bicyclic) bond motifs is 2. The smallest absolute Gasteiger partial charge is 0.290 e. The van der Waals surface area contributed by atoms with E-state index in [4.69, 9.17) is 18.9 Å². The SMILES string of the molecule is COc1ccc(NC(=O)CN2/C(=C/C=C/C=C/C3=[N+](CC(=O)Nc4ccc(OC)cc4OC)c4ccccc4C3(C)C)C(C)(C)c3ccccc32)c(OC)c1. The zero-order chi connectivity index (χ0) is 39.3. The topological polar surface area (TPSA) is 101 Å². The highest BCUT2D eigenvalue weighted by molar-refractivity contribution is 6.04. The summed E-state index contributed by atoms with van der Waals surface area (Å²) in [6.07, 6.45) is 10.1. The number of methoxy groups -OCH3 is 4. The fourth-order valence-electron chi connectivity index (χ4n) is 7.45. The predicted octanol–water partition coefficient (Wildman–Crippen LogP) is 8.17. The summed E-state index contributed by atoms with van der Waals surface area (Å²) < 4.78 is 23.7. The number of amides is 2. The molecule has 6 rings (SSSR count). The van der Waals surface area contributed by atoms with Crippen molar-refractivity contribution in [3.63, 3.8) is 0 Å². The van der Waals surface area contributed by atoms with Crippen molar-refractivity contribution in [1.29, 1.82) is 0 Å². The fourth-order valence-corrected chi connectivity index (χ4v) is 7.45. The summed E-state index contributed by atoms with van der Waals surface area (Å²) in [6.45, 7) is 8.90. The second-order valence-corrected chi connectivity index (χ2v) is 14.4. The van der Waals surface area contributed by atoms with Crippen molar-refractivity contribution in [2.75, 3.05) is 57.1 Å². The molecule has 2 aliphatic heterocycles. The number of carbonyl (C=O) groups is 2. The molecular weight excluding hydrogens is 693 g/mol. The monoisotopic (exact) mass is 741 g/mol. The molecule has 0 radical (unpaired) electrons. The molecule has 284 valence electrons. The lowest BCUT2D eigenvalue weighted by atomic mass is 9.81. The molecule has 0 saturated carbocycles. The van der Waals surface area contributed by atoms with E-state index in [0.29, 0.717) is 34.4 Å². The van der Waals surface area contributed by atoms with Crippen LogP contribution in [0.1, 0.15) is 38.8 Å². The van der Waals surface area contributed by atoms with Crippen LogP contribution in [-0.2, 0) is 20.4 Å². The van der Waals surface area contributed by atoms with E-state index in [1.54, 1.807) is 64.8 Å². The summed E-state index contributed by atoms with van der Waals surface area (Å²) in [5.41, 5.74) is 6.65. The molecule has 4 aromatic rings. The first-order valence-electron chi connectivity index (χ1n) is 18.1. The van der Waals surface area contributed by atoms with Gasteiger partial charge >= 0.3 is 0 Å². The fraction of sp³-hybridized carbons (Fsp3) is 0.267. The molecule has 0 aliphatic carbocycles. The van der Waals surface area contributed by atoms with Crippen molar-refractivity contribution in [3.8, 4) is 23.0 Å². The number of hydrogen-bond donors (Lipinski definition) is 2. The van der Waals surface area contributed by atoms with Gasteiger partial charge < -0.3 is 34.5 Å². The molecule has 55 heavy (non-hydrogen) atoms. The zero-order valence-electron chi connectivity index (χ0n) is 32.7. The van der Waals surface area contributed by atoms with Gasteiger partial charge in [0.25, 0.3) is 5.91 Å². The van der Waals surface area contributed by atoms with E-state index in [1.807, 2.05) is 42.5 Å². The molecular formula is C45H49N4O6+. The van der Waals surface area contributed by atoms with Gasteiger partial charge in [0.2, 0.25) is 18.1 Å². The number of hydrogen-bond acceptors (Lipinski definition) is 7. The van der Waals surface area contributed by atoms with Crippen LogP contribution in [0.4, 0.5) is 22.7 Å². The number of rotatable bonds is 13. The van der Waals surface area contributed by atoms with E-state index in [-0.39, 0.29) is 35.7 Å². The molecule has 4 aromatic carbocycles. The summed E-state index contributed by atoms with van der Waals surface area (Å²) in [4.78, 5) is 29.2. The number of nitrogens with one attached hydrogen (secondary N) is 2. The normalized spacial score (nSPS) is 16.0. The highest BCUT2D eigenvalue weighted by Gasteiger charge is 2.45. The Morgan fingerprint density at radius 1 is 0.673 bits per heavy atom. The second-order valence-electron chi connectivity index (χ2n) is 14.4. The molecule has 0 bridgehead atoms. The average molecular weight is 742 g/mol. The largest absolute Gasteiger partial charge is 0.497 e. The van der Waals surface area contributed by atoms with Gasteiger partial charge in [-0.05, 0) is 55.8 Å². The highest BCUT2D eigenvalue weighted by atomic mass is 16.5. The van der Waals surface area contributed by atoms with E-state index in [0.717, 1.165) is 33.9 Å². The first-order chi connectivity index (χ1) is 26.4. The number of benzene rings is 4. The van der Waals surface area contributed by atoms with Crippen molar-refractivity contribution in [3.05, 3.63) is 132 Å².